The van der Waals surface area contributed by atoms with Crippen molar-refractivity contribution in [2.75, 3.05) is 18.4 Å². The Labute approximate surface area is 95.7 Å². The summed E-state index contributed by atoms with van der Waals surface area (Å²) in [5.41, 5.74) is 0. The summed E-state index contributed by atoms with van der Waals surface area (Å²) in [7, 11) is 0. The van der Waals surface area contributed by atoms with Crippen LogP contribution in [-0.4, -0.2) is 29.3 Å². The van der Waals surface area contributed by atoms with Crippen LogP contribution in [-0.2, 0) is 0 Å². The van der Waals surface area contributed by atoms with Gasteiger partial charge in [0.05, 0.1) is 0 Å². The summed E-state index contributed by atoms with van der Waals surface area (Å²) in [6.07, 6.45) is 2.84. The Kier molecular flexibility index (Phi) is 6.53. The lowest BCUT2D eigenvalue weighted by Crippen LogP contribution is -2.22. The summed E-state index contributed by atoms with van der Waals surface area (Å²) in [5, 5.41) is 14.3. The van der Waals surface area contributed by atoms with Crippen molar-refractivity contribution in [2.24, 2.45) is 0 Å². The third-order valence-electron chi connectivity index (χ3n) is 1.98. The Morgan fingerprint density at radius 1 is 1.43 bits per heavy atom. The van der Waals surface area contributed by atoms with Gasteiger partial charge in [0.2, 0.25) is 0 Å². The Hall–Kier alpha value is -0.580. The van der Waals surface area contributed by atoms with Gasteiger partial charge in [-0.3, -0.25) is 0 Å². The summed E-state index contributed by atoms with van der Waals surface area (Å²) in [6, 6.07) is 4.34. The fourth-order valence-electron chi connectivity index (χ4n) is 1.37. The van der Waals surface area contributed by atoms with Crippen LogP contribution in [0.3, 0.4) is 0 Å². The van der Waals surface area contributed by atoms with Crippen LogP contribution in [0.1, 0.15) is 6.42 Å². The molecule has 0 radical (unpaired) electrons. The molecule has 1 aliphatic rings. The Bertz CT molecular complexity index is 238. The summed E-state index contributed by atoms with van der Waals surface area (Å²) >= 11 is 0. The predicted octanol–water partition coefficient (Wildman–Crippen LogP) is 1.09. The standard InChI is InChI=1S/C8H12N4.2ClH/c1-2-8(12-10-4-1)11-7-3-5-9-6-7;;/h1-2,4,7,9H,3,5-6H2,(H,11,12);2*1H. The normalized spacial score (nSPS) is 19.3. The van der Waals surface area contributed by atoms with Gasteiger partial charge in [0.25, 0.3) is 0 Å². The molecule has 1 atom stereocenters. The van der Waals surface area contributed by atoms with Crippen molar-refractivity contribution in [3.63, 3.8) is 0 Å². The lowest BCUT2D eigenvalue weighted by molar-refractivity contribution is 0.782. The Morgan fingerprint density at radius 3 is 2.86 bits per heavy atom. The molecule has 0 aromatic carbocycles. The summed E-state index contributed by atoms with van der Waals surface area (Å²) in [4.78, 5) is 0. The molecule has 14 heavy (non-hydrogen) atoms. The quantitative estimate of drug-likeness (QED) is 0.808. The third-order valence-corrected chi connectivity index (χ3v) is 1.98. The molecule has 0 spiro atoms. The monoisotopic (exact) mass is 236 g/mol. The Morgan fingerprint density at radius 2 is 2.29 bits per heavy atom. The van der Waals surface area contributed by atoms with E-state index in [0.717, 1.165) is 25.3 Å². The van der Waals surface area contributed by atoms with Crippen molar-refractivity contribution < 1.29 is 0 Å². The van der Waals surface area contributed by atoms with E-state index in [1.54, 1.807) is 6.20 Å². The minimum Gasteiger partial charge on any atom is -0.365 e. The second kappa shape index (κ2) is 6.81. The molecular weight excluding hydrogens is 223 g/mol. The molecule has 6 heteroatoms. The van der Waals surface area contributed by atoms with Crippen LogP contribution >= 0.6 is 24.8 Å². The van der Waals surface area contributed by atoms with E-state index in [-0.39, 0.29) is 24.8 Å². The SMILES string of the molecule is Cl.Cl.c1cnnc(NC2CCNC2)c1. The number of hydrogen-bond acceptors (Lipinski definition) is 4. The maximum Gasteiger partial charge on any atom is 0.148 e. The average Bonchev–Trinajstić information content (AvgIpc) is 2.59. The van der Waals surface area contributed by atoms with E-state index in [1.165, 1.54) is 0 Å². The molecule has 2 rings (SSSR count). The van der Waals surface area contributed by atoms with Crippen molar-refractivity contribution in [1.29, 1.82) is 0 Å². The molecule has 0 saturated carbocycles. The number of hydrogen-bond donors (Lipinski definition) is 2. The highest BCUT2D eigenvalue weighted by atomic mass is 35.5. The topological polar surface area (TPSA) is 49.8 Å². The van der Waals surface area contributed by atoms with Gasteiger partial charge < -0.3 is 10.6 Å². The maximum atomic E-state index is 3.95. The second-order valence-corrected chi connectivity index (χ2v) is 2.94. The highest BCUT2D eigenvalue weighted by Crippen LogP contribution is 2.06. The summed E-state index contributed by atoms with van der Waals surface area (Å²) < 4.78 is 0. The van der Waals surface area contributed by atoms with E-state index in [4.69, 9.17) is 0 Å². The third kappa shape index (κ3) is 3.65. The predicted molar refractivity (Wildman–Crippen MR) is 61.4 cm³/mol. The van der Waals surface area contributed by atoms with Gasteiger partial charge in [0.1, 0.15) is 5.82 Å². The molecule has 2 N–H and O–H groups in total. The number of nitrogens with zero attached hydrogens (tertiary/aromatic N) is 2. The van der Waals surface area contributed by atoms with Gasteiger partial charge in [-0.1, -0.05) is 0 Å². The van der Waals surface area contributed by atoms with Crippen LogP contribution in [0.4, 0.5) is 5.82 Å². The molecule has 4 nitrogen and oxygen atoms in total. The van der Waals surface area contributed by atoms with E-state index >= 15 is 0 Å². The summed E-state index contributed by atoms with van der Waals surface area (Å²) in [6.45, 7) is 2.12. The molecule has 80 valence electrons. The van der Waals surface area contributed by atoms with Crippen molar-refractivity contribution >= 4 is 30.6 Å². The van der Waals surface area contributed by atoms with Crippen LogP contribution in [0.15, 0.2) is 18.3 Å². The molecule has 0 amide bonds. The molecule has 0 aliphatic carbocycles. The smallest absolute Gasteiger partial charge is 0.148 e. The number of aromatic nitrogens is 2. The zero-order chi connectivity index (χ0) is 8.23. The van der Waals surface area contributed by atoms with Crippen LogP contribution in [0.2, 0.25) is 0 Å². The molecule has 2 heterocycles. The fraction of sp³-hybridized carbons (Fsp3) is 0.500. The van der Waals surface area contributed by atoms with Gasteiger partial charge in [0, 0.05) is 18.8 Å². The molecule has 1 aromatic rings. The highest BCUT2D eigenvalue weighted by Gasteiger charge is 2.13. The minimum atomic E-state index is 0. The average molecular weight is 237 g/mol. The van der Waals surface area contributed by atoms with E-state index in [0.29, 0.717) is 6.04 Å². The minimum absolute atomic E-state index is 0. The first kappa shape index (κ1) is 13.4. The number of nitrogens with one attached hydrogen (secondary N) is 2. The van der Waals surface area contributed by atoms with Gasteiger partial charge >= 0.3 is 0 Å². The lowest BCUT2D eigenvalue weighted by Gasteiger charge is -2.10. The van der Waals surface area contributed by atoms with Crippen molar-refractivity contribution in [3.8, 4) is 0 Å². The van der Waals surface area contributed by atoms with Gasteiger partial charge in [0.15, 0.2) is 0 Å². The van der Waals surface area contributed by atoms with Crippen molar-refractivity contribution in [1.82, 2.24) is 15.5 Å². The van der Waals surface area contributed by atoms with Gasteiger partial charge in [-0.25, -0.2) is 0 Å². The molecule has 0 bridgehead atoms. The van der Waals surface area contributed by atoms with Gasteiger partial charge in [-0.15, -0.1) is 29.9 Å². The fourth-order valence-corrected chi connectivity index (χ4v) is 1.37. The molecule has 1 aliphatic heterocycles. The van der Waals surface area contributed by atoms with Crippen LogP contribution in [0, 0.1) is 0 Å². The second-order valence-electron chi connectivity index (χ2n) is 2.94. The van der Waals surface area contributed by atoms with E-state index in [2.05, 4.69) is 20.8 Å². The van der Waals surface area contributed by atoms with E-state index in [1.807, 2.05) is 12.1 Å². The largest absolute Gasteiger partial charge is 0.365 e. The van der Waals surface area contributed by atoms with Crippen molar-refractivity contribution in [3.05, 3.63) is 18.3 Å². The molecule has 1 unspecified atom stereocenters. The van der Waals surface area contributed by atoms with Gasteiger partial charge in [-0.05, 0) is 25.1 Å². The molecular formula is C8H14Cl2N4. The maximum absolute atomic E-state index is 3.95. The first-order valence-corrected chi connectivity index (χ1v) is 4.20. The highest BCUT2D eigenvalue weighted by molar-refractivity contribution is 5.85. The number of rotatable bonds is 2. The lowest BCUT2D eigenvalue weighted by atomic mass is 10.2. The summed E-state index contributed by atoms with van der Waals surface area (Å²) in [5.74, 6) is 0.867. The Balaban J connectivity index is 0.000000845. The van der Waals surface area contributed by atoms with Gasteiger partial charge in [-0.2, -0.15) is 5.10 Å². The van der Waals surface area contributed by atoms with Crippen LogP contribution in [0.25, 0.3) is 0 Å². The zero-order valence-electron chi connectivity index (χ0n) is 7.64. The van der Waals surface area contributed by atoms with Crippen molar-refractivity contribution in [2.45, 2.75) is 12.5 Å². The zero-order valence-corrected chi connectivity index (χ0v) is 9.27. The number of anilines is 1. The van der Waals surface area contributed by atoms with E-state index in [9.17, 15) is 0 Å². The molecule has 1 aromatic heterocycles. The first-order chi connectivity index (χ1) is 5.95. The van der Waals surface area contributed by atoms with E-state index < -0.39 is 0 Å². The molecule has 1 fully saturated rings. The van der Waals surface area contributed by atoms with Crippen LogP contribution in [0.5, 0.6) is 0 Å². The first-order valence-electron chi connectivity index (χ1n) is 4.20. The van der Waals surface area contributed by atoms with Crippen LogP contribution < -0.4 is 10.6 Å². The molecule has 1 saturated heterocycles. The number of halogens is 2.